The molecule has 0 aromatic carbocycles. The van der Waals surface area contributed by atoms with Crippen molar-refractivity contribution in [3.05, 3.63) is 0 Å². The van der Waals surface area contributed by atoms with Crippen molar-refractivity contribution < 1.29 is 5.11 Å². The lowest BCUT2D eigenvalue weighted by Crippen LogP contribution is -2.45. The Labute approximate surface area is 113 Å². The Morgan fingerprint density at radius 2 is 1.56 bits per heavy atom. The predicted molar refractivity (Wildman–Crippen MR) is 77.9 cm³/mol. The van der Waals surface area contributed by atoms with Crippen LogP contribution in [0.1, 0.15) is 65.7 Å². The van der Waals surface area contributed by atoms with E-state index in [1.807, 2.05) is 0 Å². The summed E-state index contributed by atoms with van der Waals surface area (Å²) >= 11 is 0. The van der Waals surface area contributed by atoms with Crippen LogP contribution in [0.25, 0.3) is 0 Å². The Morgan fingerprint density at radius 1 is 1.00 bits per heavy atom. The number of aliphatic hydroxyl groups is 1. The zero-order chi connectivity index (χ0) is 13.4. The van der Waals surface area contributed by atoms with Crippen LogP contribution in [0.4, 0.5) is 0 Å². The van der Waals surface area contributed by atoms with E-state index in [1.165, 1.54) is 44.9 Å². The summed E-state index contributed by atoms with van der Waals surface area (Å²) in [5.41, 5.74) is 0.0845. The van der Waals surface area contributed by atoms with Crippen LogP contribution in [-0.4, -0.2) is 35.9 Å². The molecule has 1 aliphatic carbocycles. The summed E-state index contributed by atoms with van der Waals surface area (Å²) in [6, 6.07) is 0.620. The van der Waals surface area contributed by atoms with Gasteiger partial charge >= 0.3 is 0 Å². The number of rotatable bonds is 5. The molecule has 0 heterocycles. The Kier molecular flexibility index (Phi) is 7.20. The molecule has 0 aromatic heterocycles. The monoisotopic (exact) mass is 256 g/mol. The van der Waals surface area contributed by atoms with Gasteiger partial charge in [0.25, 0.3) is 0 Å². The van der Waals surface area contributed by atoms with Crippen molar-refractivity contribution >= 4 is 0 Å². The molecule has 1 unspecified atom stereocenters. The predicted octanol–water partition coefficient (Wildman–Crippen LogP) is 2.44. The smallest absolute Gasteiger partial charge is 0.0789 e. The molecule has 0 aliphatic heterocycles. The highest BCUT2D eigenvalue weighted by molar-refractivity contribution is 4.76. The van der Waals surface area contributed by atoms with Crippen LogP contribution < -0.4 is 10.6 Å². The van der Waals surface area contributed by atoms with Gasteiger partial charge < -0.3 is 15.7 Å². The summed E-state index contributed by atoms with van der Waals surface area (Å²) in [6.45, 7) is 7.77. The molecule has 3 nitrogen and oxygen atoms in total. The fourth-order valence-corrected chi connectivity index (χ4v) is 2.46. The van der Waals surface area contributed by atoms with E-state index in [9.17, 15) is 5.11 Å². The molecular formula is C15H32N2O. The van der Waals surface area contributed by atoms with Gasteiger partial charge in [-0.15, -0.1) is 0 Å². The number of hydrogen-bond acceptors (Lipinski definition) is 3. The lowest BCUT2D eigenvalue weighted by Gasteiger charge is -2.25. The van der Waals surface area contributed by atoms with Crippen molar-refractivity contribution in [1.82, 2.24) is 10.6 Å². The average Bonchev–Trinajstić information content (AvgIpc) is 2.24. The lowest BCUT2D eigenvalue weighted by atomic mass is 9.96. The zero-order valence-electron chi connectivity index (χ0n) is 12.5. The molecule has 1 fully saturated rings. The van der Waals surface area contributed by atoms with Gasteiger partial charge in [0.2, 0.25) is 0 Å². The quantitative estimate of drug-likeness (QED) is 0.708. The molecule has 18 heavy (non-hydrogen) atoms. The Hall–Kier alpha value is -0.120. The summed E-state index contributed by atoms with van der Waals surface area (Å²) in [7, 11) is 0. The first kappa shape index (κ1) is 15.9. The first-order valence-corrected chi connectivity index (χ1v) is 7.64. The third-order valence-corrected chi connectivity index (χ3v) is 3.62. The van der Waals surface area contributed by atoms with Crippen molar-refractivity contribution in [3.8, 4) is 0 Å². The first-order chi connectivity index (χ1) is 8.47. The third-order valence-electron chi connectivity index (χ3n) is 3.62. The second-order valence-corrected chi connectivity index (χ2v) is 6.74. The largest absolute Gasteiger partial charge is 0.390 e. The number of β-amino-alcohol motifs (C(OH)–C–C–N with tert-alkyl or cyclic N) is 1. The Balaban J connectivity index is 2.13. The fourth-order valence-electron chi connectivity index (χ4n) is 2.46. The van der Waals surface area contributed by atoms with Crippen LogP contribution in [0.15, 0.2) is 0 Å². The lowest BCUT2D eigenvalue weighted by molar-refractivity contribution is 0.152. The van der Waals surface area contributed by atoms with Crippen molar-refractivity contribution in [1.29, 1.82) is 0 Å². The molecule has 1 aliphatic rings. The minimum atomic E-state index is -0.283. The van der Waals surface area contributed by atoms with E-state index in [1.54, 1.807) is 0 Å². The third kappa shape index (κ3) is 8.06. The zero-order valence-corrected chi connectivity index (χ0v) is 12.5. The van der Waals surface area contributed by atoms with Gasteiger partial charge in [-0.2, -0.15) is 0 Å². The molecule has 0 amide bonds. The van der Waals surface area contributed by atoms with E-state index in [0.29, 0.717) is 19.1 Å². The van der Waals surface area contributed by atoms with Gasteiger partial charge in [-0.25, -0.2) is 0 Å². The maximum Gasteiger partial charge on any atom is 0.0789 e. The highest BCUT2D eigenvalue weighted by Gasteiger charge is 2.15. The van der Waals surface area contributed by atoms with E-state index < -0.39 is 0 Å². The second-order valence-electron chi connectivity index (χ2n) is 6.74. The molecule has 108 valence electrons. The van der Waals surface area contributed by atoms with Crippen molar-refractivity contribution in [2.45, 2.75) is 83.4 Å². The number of aliphatic hydroxyl groups excluding tert-OH is 1. The summed E-state index contributed by atoms with van der Waals surface area (Å²) in [5, 5.41) is 16.8. The molecule has 3 heteroatoms. The summed E-state index contributed by atoms with van der Waals surface area (Å²) in [4.78, 5) is 0. The van der Waals surface area contributed by atoms with Crippen molar-refractivity contribution in [2.75, 3.05) is 13.1 Å². The van der Waals surface area contributed by atoms with E-state index >= 15 is 0 Å². The molecule has 0 spiro atoms. The maximum absolute atomic E-state index is 9.94. The van der Waals surface area contributed by atoms with E-state index in [4.69, 9.17) is 0 Å². The normalized spacial score (nSPS) is 21.3. The van der Waals surface area contributed by atoms with Crippen LogP contribution in [-0.2, 0) is 0 Å². The van der Waals surface area contributed by atoms with Crippen LogP contribution in [0, 0.1) is 0 Å². The standard InChI is InChI=1S/C15H32N2O/c1-15(2,3)17-12-14(18)11-16-13-9-7-5-4-6-8-10-13/h13-14,16-18H,4-12H2,1-3H3. The Morgan fingerprint density at radius 3 is 2.11 bits per heavy atom. The van der Waals surface area contributed by atoms with Crippen LogP contribution in [0.3, 0.4) is 0 Å². The van der Waals surface area contributed by atoms with E-state index in [-0.39, 0.29) is 11.6 Å². The van der Waals surface area contributed by atoms with Gasteiger partial charge in [-0.3, -0.25) is 0 Å². The fraction of sp³-hybridized carbons (Fsp3) is 1.00. The summed E-state index contributed by atoms with van der Waals surface area (Å²) < 4.78 is 0. The van der Waals surface area contributed by atoms with Crippen molar-refractivity contribution in [3.63, 3.8) is 0 Å². The van der Waals surface area contributed by atoms with Gasteiger partial charge in [0.15, 0.2) is 0 Å². The SMILES string of the molecule is CC(C)(C)NCC(O)CNC1CCCCCCC1. The molecule has 0 aromatic rings. The van der Waals surface area contributed by atoms with E-state index in [2.05, 4.69) is 31.4 Å². The first-order valence-electron chi connectivity index (χ1n) is 7.64. The minimum Gasteiger partial charge on any atom is -0.390 e. The maximum atomic E-state index is 9.94. The van der Waals surface area contributed by atoms with Crippen LogP contribution >= 0.6 is 0 Å². The molecular weight excluding hydrogens is 224 g/mol. The number of nitrogens with one attached hydrogen (secondary N) is 2. The topological polar surface area (TPSA) is 44.3 Å². The van der Waals surface area contributed by atoms with Gasteiger partial charge in [0.05, 0.1) is 6.10 Å². The molecule has 1 rings (SSSR count). The second kappa shape index (κ2) is 8.13. The van der Waals surface area contributed by atoms with Crippen LogP contribution in [0.5, 0.6) is 0 Å². The average molecular weight is 256 g/mol. The molecule has 1 saturated carbocycles. The van der Waals surface area contributed by atoms with Crippen molar-refractivity contribution in [2.24, 2.45) is 0 Å². The molecule has 0 radical (unpaired) electrons. The van der Waals surface area contributed by atoms with Crippen LogP contribution in [0.2, 0.25) is 0 Å². The summed E-state index contributed by atoms with van der Waals surface area (Å²) in [5.74, 6) is 0. The molecule has 0 saturated heterocycles. The molecule has 1 atom stereocenters. The summed E-state index contributed by atoms with van der Waals surface area (Å²) in [6.07, 6.45) is 9.12. The van der Waals surface area contributed by atoms with Gasteiger partial charge in [-0.1, -0.05) is 32.1 Å². The van der Waals surface area contributed by atoms with E-state index in [0.717, 1.165) is 0 Å². The number of hydrogen-bond donors (Lipinski definition) is 3. The van der Waals surface area contributed by atoms with Gasteiger partial charge in [-0.05, 0) is 33.6 Å². The molecule has 3 N–H and O–H groups in total. The van der Waals surface area contributed by atoms with Gasteiger partial charge in [0, 0.05) is 24.7 Å². The Bertz CT molecular complexity index is 205. The highest BCUT2D eigenvalue weighted by Crippen LogP contribution is 2.16. The highest BCUT2D eigenvalue weighted by atomic mass is 16.3. The van der Waals surface area contributed by atoms with Gasteiger partial charge in [0.1, 0.15) is 0 Å². The minimum absolute atomic E-state index is 0.0845. The molecule has 0 bridgehead atoms.